The van der Waals surface area contributed by atoms with Gasteiger partial charge in [0.25, 0.3) is 5.91 Å². The summed E-state index contributed by atoms with van der Waals surface area (Å²) in [6.07, 6.45) is 6.04. The van der Waals surface area contributed by atoms with Crippen molar-refractivity contribution in [1.29, 1.82) is 0 Å². The summed E-state index contributed by atoms with van der Waals surface area (Å²) < 4.78 is 39.1. The van der Waals surface area contributed by atoms with Crippen LogP contribution in [0, 0.1) is 17.6 Å². The molecule has 0 unspecified atom stereocenters. The number of piperidine rings is 1. The van der Waals surface area contributed by atoms with Gasteiger partial charge >= 0.3 is 5.97 Å². The number of benzene rings is 2. The van der Waals surface area contributed by atoms with Crippen molar-refractivity contribution in [1.82, 2.24) is 24.5 Å². The molecule has 3 fully saturated rings. The van der Waals surface area contributed by atoms with Crippen LogP contribution in [0.5, 0.6) is 5.75 Å². The van der Waals surface area contributed by atoms with Gasteiger partial charge in [-0.15, -0.1) is 5.10 Å². The van der Waals surface area contributed by atoms with Gasteiger partial charge in [-0.25, -0.2) is 18.3 Å². The van der Waals surface area contributed by atoms with Gasteiger partial charge in [0.2, 0.25) is 11.3 Å². The molecule has 2 atom stereocenters. The lowest BCUT2D eigenvalue weighted by Crippen LogP contribution is -2.49. The van der Waals surface area contributed by atoms with Crippen LogP contribution >= 0.6 is 0 Å². The van der Waals surface area contributed by atoms with Crippen molar-refractivity contribution in [2.45, 2.75) is 50.9 Å². The van der Waals surface area contributed by atoms with Gasteiger partial charge in [0.1, 0.15) is 36.4 Å². The van der Waals surface area contributed by atoms with Crippen LogP contribution in [0.15, 0.2) is 46.6 Å². The highest BCUT2D eigenvalue weighted by Gasteiger charge is 2.43. The van der Waals surface area contributed by atoms with Crippen molar-refractivity contribution in [3.63, 3.8) is 0 Å². The van der Waals surface area contributed by atoms with Crippen LogP contribution in [0.4, 0.5) is 20.2 Å². The van der Waals surface area contributed by atoms with Gasteiger partial charge < -0.3 is 29.0 Å². The van der Waals surface area contributed by atoms with Crippen molar-refractivity contribution in [2.75, 3.05) is 43.7 Å². The minimum atomic E-state index is -1.38. The summed E-state index contributed by atoms with van der Waals surface area (Å²) in [6, 6.07) is 4.76. The average Bonchev–Trinajstić information content (AvgIpc) is 3.64. The predicted octanol–water partition coefficient (Wildman–Crippen LogP) is 2.94. The largest absolute Gasteiger partial charge is 0.492 e. The highest BCUT2D eigenvalue weighted by molar-refractivity contribution is 6.54. The van der Waals surface area contributed by atoms with Gasteiger partial charge in [-0.05, 0) is 55.9 Å². The molecule has 4 aromatic rings. The normalized spacial score (nSPS) is 20.5. The van der Waals surface area contributed by atoms with E-state index in [2.05, 4.69) is 15.5 Å². The molecule has 4 aliphatic rings. The van der Waals surface area contributed by atoms with E-state index in [0.29, 0.717) is 42.1 Å². The Morgan fingerprint density at radius 1 is 1.08 bits per heavy atom. The van der Waals surface area contributed by atoms with Crippen LogP contribution in [-0.4, -0.2) is 93.0 Å². The molecular formula is C35H34F2N8O7. The number of likely N-dealkylation sites (tertiary alicyclic amines) is 1. The zero-order chi connectivity index (χ0) is 36.4. The summed E-state index contributed by atoms with van der Waals surface area (Å²) >= 11 is 0. The number of amides is 2. The maximum atomic E-state index is 16.1. The third-order valence-electron chi connectivity index (χ3n) is 10.3. The van der Waals surface area contributed by atoms with Gasteiger partial charge in [0.05, 0.1) is 42.5 Å². The second-order valence-corrected chi connectivity index (χ2v) is 13.5. The highest BCUT2D eigenvalue weighted by atomic mass is 19.1. The van der Waals surface area contributed by atoms with E-state index in [1.165, 1.54) is 48.2 Å². The number of carboxylic acids is 1. The van der Waals surface area contributed by atoms with E-state index in [1.54, 1.807) is 15.7 Å². The molecule has 2 aromatic heterocycles. The van der Waals surface area contributed by atoms with E-state index in [1.807, 2.05) is 4.90 Å². The molecule has 2 aromatic carbocycles. The number of carbonyl (C=O) groups is 3. The smallest absolute Gasteiger partial charge is 0.341 e. The third-order valence-corrected chi connectivity index (χ3v) is 10.3. The van der Waals surface area contributed by atoms with Crippen LogP contribution in [0.3, 0.4) is 0 Å². The van der Waals surface area contributed by atoms with Crippen LogP contribution in [-0.2, 0) is 27.5 Å². The van der Waals surface area contributed by atoms with Gasteiger partial charge in [0, 0.05) is 37.4 Å². The van der Waals surface area contributed by atoms with E-state index in [4.69, 9.17) is 9.57 Å². The van der Waals surface area contributed by atoms with E-state index >= 15 is 4.39 Å². The number of halogens is 2. The molecular weight excluding hydrogens is 682 g/mol. The van der Waals surface area contributed by atoms with Crippen LogP contribution in [0.2, 0.25) is 0 Å². The van der Waals surface area contributed by atoms with Crippen LogP contribution < -0.4 is 20.0 Å². The second-order valence-electron chi connectivity index (χ2n) is 13.5. The summed E-state index contributed by atoms with van der Waals surface area (Å²) in [5, 5.41) is 21.7. The van der Waals surface area contributed by atoms with Gasteiger partial charge in [0.15, 0.2) is 17.3 Å². The van der Waals surface area contributed by atoms with Crippen LogP contribution in [0.1, 0.15) is 53.3 Å². The van der Waals surface area contributed by atoms with E-state index < -0.39 is 34.5 Å². The fourth-order valence-corrected chi connectivity index (χ4v) is 7.89. The lowest BCUT2D eigenvalue weighted by atomic mass is 9.92. The fourth-order valence-electron chi connectivity index (χ4n) is 7.89. The quantitative estimate of drug-likeness (QED) is 0.255. The minimum absolute atomic E-state index is 0.0309. The number of carboxylic acid groups (broad SMARTS) is 1. The predicted molar refractivity (Wildman–Crippen MR) is 182 cm³/mol. The molecule has 1 saturated carbocycles. The second kappa shape index (κ2) is 12.7. The van der Waals surface area contributed by atoms with Crippen molar-refractivity contribution in [2.24, 2.45) is 11.1 Å². The maximum Gasteiger partial charge on any atom is 0.341 e. The summed E-state index contributed by atoms with van der Waals surface area (Å²) in [4.78, 5) is 61.7. The molecule has 1 aliphatic carbocycles. The van der Waals surface area contributed by atoms with Crippen molar-refractivity contribution in [3.8, 4) is 5.75 Å². The third kappa shape index (κ3) is 5.50. The van der Waals surface area contributed by atoms with Crippen LogP contribution in [0.25, 0.3) is 10.9 Å². The molecule has 8 rings (SSSR count). The number of nitrogens with zero attached hydrogens (tertiary/aromatic N) is 8. The van der Waals surface area contributed by atoms with Crippen molar-refractivity contribution in [3.05, 3.63) is 75.3 Å². The Balaban J connectivity index is 1.02. The van der Waals surface area contributed by atoms with Gasteiger partial charge in [-0.3, -0.25) is 19.3 Å². The molecule has 2 amide bonds. The van der Waals surface area contributed by atoms with Crippen molar-refractivity contribution >= 4 is 45.8 Å². The molecule has 2 saturated heterocycles. The summed E-state index contributed by atoms with van der Waals surface area (Å²) in [7, 11) is 2.72. The molecule has 0 bridgehead atoms. The summed E-state index contributed by atoms with van der Waals surface area (Å²) in [5.74, 6) is -3.11. The number of methoxy groups -OCH3 is 1. The zero-order valence-electron chi connectivity index (χ0n) is 28.3. The Bertz CT molecular complexity index is 2250. The monoisotopic (exact) mass is 716 g/mol. The Morgan fingerprint density at radius 2 is 1.88 bits per heavy atom. The molecule has 15 nitrogen and oxygen atoms in total. The number of hydrogen-bond acceptors (Lipinski definition) is 10. The average molecular weight is 717 g/mol. The Kier molecular flexibility index (Phi) is 8.14. The van der Waals surface area contributed by atoms with Gasteiger partial charge in [-0.2, -0.15) is 0 Å². The number of pyridine rings is 1. The number of rotatable bonds is 9. The molecule has 1 N–H and O–H groups in total. The van der Waals surface area contributed by atoms with E-state index in [0.717, 1.165) is 31.7 Å². The number of oxime groups is 1. The molecule has 17 heteroatoms. The molecule has 5 heterocycles. The SMILES string of the molecule is CO/N=C1/C(=O)N(Cc2cn(CC(=O)N3CCC[C@@H]4CN(c5c(F)cc6c(=O)c(C(=O)O)cn(C7CC7)c6c5OC)C[C@@H]43)nn2)c2cc(F)ccc21. The Hall–Kier alpha value is -5.87. The molecule has 3 aliphatic heterocycles. The first-order valence-electron chi connectivity index (χ1n) is 16.9. The lowest BCUT2D eigenvalue weighted by Gasteiger charge is -2.36. The lowest BCUT2D eigenvalue weighted by molar-refractivity contribution is -0.136. The Morgan fingerprint density at radius 3 is 2.62 bits per heavy atom. The summed E-state index contributed by atoms with van der Waals surface area (Å²) in [6.45, 7) is 1.09. The zero-order valence-corrected chi connectivity index (χ0v) is 28.3. The minimum Gasteiger partial charge on any atom is -0.492 e. The van der Waals surface area contributed by atoms with E-state index in [-0.39, 0.29) is 59.5 Å². The number of ether oxygens (including phenoxy) is 1. The number of anilines is 2. The number of carbonyl (C=O) groups excluding carboxylic acids is 2. The number of fused-ring (bicyclic) bond motifs is 3. The molecule has 0 spiro atoms. The molecule has 270 valence electrons. The fraction of sp³-hybridized carbons (Fsp3) is 0.400. The van der Waals surface area contributed by atoms with Gasteiger partial charge in [-0.1, -0.05) is 10.4 Å². The number of aromatic carboxylic acids is 1. The first kappa shape index (κ1) is 33.3. The number of aromatic nitrogens is 4. The first-order valence-corrected chi connectivity index (χ1v) is 16.9. The maximum absolute atomic E-state index is 16.1. The van der Waals surface area contributed by atoms with Crippen molar-refractivity contribution < 1.29 is 37.8 Å². The standard InChI is InChI=1S/C35H34F2N8O7/c1-51-33-30-23(32(47)24(35(49)50)15-44(30)21-6-7-21)11-25(37)31(33)41-12-18-4-3-9-43(27(18)16-41)28(46)17-42-13-20(38-40-42)14-45-26-10-19(36)5-8-22(26)29(34(45)48)39-52-2/h5,8,10-11,13,15,18,21,27H,3-4,6-7,9,12,14,16-17H2,1-2H3,(H,49,50)/b39-29+/t18-,27+/m1/s1. The Labute approximate surface area is 294 Å². The molecule has 0 radical (unpaired) electrons. The first-order chi connectivity index (χ1) is 25.1. The number of hydrogen-bond donors (Lipinski definition) is 1. The summed E-state index contributed by atoms with van der Waals surface area (Å²) in [5.41, 5.74) is 0.475. The molecule has 52 heavy (non-hydrogen) atoms. The van der Waals surface area contributed by atoms with E-state index in [9.17, 15) is 28.7 Å². The topological polar surface area (TPSA) is 165 Å². The highest BCUT2D eigenvalue weighted by Crippen LogP contribution is 2.45.